The molecule has 0 bridgehead atoms. The van der Waals surface area contributed by atoms with Crippen molar-refractivity contribution in [3.63, 3.8) is 0 Å². The Hall–Kier alpha value is -1.95. The van der Waals surface area contributed by atoms with Gasteiger partial charge >= 0.3 is 0 Å². The van der Waals surface area contributed by atoms with E-state index in [1.807, 2.05) is 30.9 Å². The number of nitrogens with one attached hydrogen (secondary N) is 1. The summed E-state index contributed by atoms with van der Waals surface area (Å²) in [4.78, 5) is 32.2. The molecule has 1 aromatic rings. The molecule has 126 valence electrons. The van der Waals surface area contributed by atoms with Crippen LogP contribution in [0.3, 0.4) is 0 Å². The van der Waals surface area contributed by atoms with E-state index in [1.165, 1.54) is 12.5 Å². The number of rotatable bonds is 5. The Morgan fingerprint density at radius 1 is 1.17 bits per heavy atom. The Bertz CT molecular complexity index is 525. The topological polar surface area (TPSA) is 65.5 Å². The number of hydrogen-bond acceptors (Lipinski definition) is 4. The van der Waals surface area contributed by atoms with Crippen molar-refractivity contribution < 1.29 is 9.59 Å². The van der Waals surface area contributed by atoms with Gasteiger partial charge < -0.3 is 10.2 Å². The Morgan fingerprint density at radius 3 is 2.30 bits per heavy atom. The Labute approximate surface area is 137 Å². The minimum absolute atomic E-state index is 0.0266. The van der Waals surface area contributed by atoms with Crippen molar-refractivity contribution >= 4 is 11.8 Å². The third-order valence-electron chi connectivity index (χ3n) is 4.13. The molecular formula is C17H26N4O2. The second kappa shape index (κ2) is 8.06. The molecule has 1 saturated heterocycles. The lowest BCUT2D eigenvalue weighted by molar-refractivity contribution is -0.138. The monoisotopic (exact) mass is 318 g/mol. The van der Waals surface area contributed by atoms with Crippen LogP contribution >= 0.6 is 0 Å². The molecule has 1 aromatic heterocycles. The van der Waals surface area contributed by atoms with Crippen LogP contribution in [0.2, 0.25) is 0 Å². The molecule has 0 radical (unpaired) electrons. The van der Waals surface area contributed by atoms with Gasteiger partial charge in [-0.15, -0.1) is 0 Å². The summed E-state index contributed by atoms with van der Waals surface area (Å²) >= 11 is 0. The Kier molecular flexibility index (Phi) is 6.10. The zero-order valence-corrected chi connectivity index (χ0v) is 14.2. The lowest BCUT2D eigenvalue weighted by Crippen LogP contribution is -2.56. The van der Waals surface area contributed by atoms with E-state index in [2.05, 4.69) is 15.2 Å². The minimum Gasteiger partial charge on any atom is -0.344 e. The molecule has 0 aromatic carbocycles. The van der Waals surface area contributed by atoms with Gasteiger partial charge in [0.2, 0.25) is 11.8 Å². The summed E-state index contributed by atoms with van der Waals surface area (Å²) in [6.07, 6.45) is 3.60. The molecule has 1 N–H and O–H groups in total. The third-order valence-corrected chi connectivity index (χ3v) is 4.13. The highest BCUT2D eigenvalue weighted by atomic mass is 16.2. The SMILES string of the molecule is CC(=O)NC(C(=O)N1CCN(Cc2ccncc2)CC1)C(C)C. The number of amides is 2. The molecule has 23 heavy (non-hydrogen) atoms. The van der Waals surface area contributed by atoms with Gasteiger partial charge in [-0.3, -0.25) is 19.5 Å². The molecule has 1 atom stereocenters. The quantitative estimate of drug-likeness (QED) is 0.875. The van der Waals surface area contributed by atoms with Crippen molar-refractivity contribution in [1.29, 1.82) is 0 Å². The van der Waals surface area contributed by atoms with Crippen molar-refractivity contribution in [3.8, 4) is 0 Å². The first kappa shape index (κ1) is 17.4. The van der Waals surface area contributed by atoms with Crippen LogP contribution in [0, 0.1) is 5.92 Å². The first-order valence-electron chi connectivity index (χ1n) is 8.14. The van der Waals surface area contributed by atoms with E-state index in [-0.39, 0.29) is 17.7 Å². The fourth-order valence-electron chi connectivity index (χ4n) is 2.80. The summed E-state index contributed by atoms with van der Waals surface area (Å²) in [7, 11) is 0. The molecule has 2 heterocycles. The average Bonchev–Trinajstić information content (AvgIpc) is 2.53. The zero-order chi connectivity index (χ0) is 16.8. The Balaban J connectivity index is 1.87. The maximum atomic E-state index is 12.6. The van der Waals surface area contributed by atoms with Crippen LogP contribution in [0.25, 0.3) is 0 Å². The van der Waals surface area contributed by atoms with Crippen molar-refractivity contribution in [2.24, 2.45) is 5.92 Å². The van der Waals surface area contributed by atoms with E-state index in [0.717, 1.165) is 19.6 Å². The molecule has 0 saturated carbocycles. The number of piperazine rings is 1. The van der Waals surface area contributed by atoms with E-state index in [4.69, 9.17) is 0 Å². The van der Waals surface area contributed by atoms with Crippen molar-refractivity contribution in [1.82, 2.24) is 20.1 Å². The van der Waals surface area contributed by atoms with Gasteiger partial charge in [-0.05, 0) is 23.6 Å². The van der Waals surface area contributed by atoms with Gasteiger partial charge in [0.05, 0.1) is 0 Å². The second-order valence-electron chi connectivity index (χ2n) is 6.38. The van der Waals surface area contributed by atoms with E-state index >= 15 is 0 Å². The van der Waals surface area contributed by atoms with Gasteiger partial charge in [0.15, 0.2) is 0 Å². The second-order valence-corrected chi connectivity index (χ2v) is 6.38. The molecule has 1 aliphatic rings. The minimum atomic E-state index is -0.431. The van der Waals surface area contributed by atoms with Crippen LogP contribution in [0.15, 0.2) is 24.5 Å². The van der Waals surface area contributed by atoms with Crippen LogP contribution in [-0.4, -0.2) is 58.8 Å². The molecule has 0 aliphatic carbocycles. The molecule has 1 unspecified atom stereocenters. The highest BCUT2D eigenvalue weighted by Crippen LogP contribution is 2.11. The normalized spacial score (nSPS) is 17.1. The molecule has 6 heteroatoms. The predicted octanol–water partition coefficient (Wildman–Crippen LogP) is 0.887. The summed E-state index contributed by atoms with van der Waals surface area (Å²) in [5.41, 5.74) is 1.23. The zero-order valence-electron chi connectivity index (χ0n) is 14.2. The number of aromatic nitrogens is 1. The largest absolute Gasteiger partial charge is 0.344 e. The summed E-state index contributed by atoms with van der Waals surface area (Å²) in [5, 5.41) is 2.78. The molecule has 2 amide bonds. The van der Waals surface area contributed by atoms with Crippen LogP contribution in [-0.2, 0) is 16.1 Å². The molecule has 1 fully saturated rings. The Morgan fingerprint density at radius 2 is 1.78 bits per heavy atom. The van der Waals surface area contributed by atoms with E-state index in [0.29, 0.717) is 13.1 Å². The maximum Gasteiger partial charge on any atom is 0.245 e. The number of hydrogen-bond donors (Lipinski definition) is 1. The number of nitrogens with zero attached hydrogens (tertiary/aromatic N) is 3. The van der Waals surface area contributed by atoms with Crippen LogP contribution in [0.4, 0.5) is 0 Å². The average molecular weight is 318 g/mol. The highest BCUT2D eigenvalue weighted by molar-refractivity contribution is 5.87. The van der Waals surface area contributed by atoms with Crippen molar-refractivity contribution in [2.75, 3.05) is 26.2 Å². The first-order valence-corrected chi connectivity index (χ1v) is 8.14. The van der Waals surface area contributed by atoms with E-state index in [1.54, 1.807) is 12.4 Å². The summed E-state index contributed by atoms with van der Waals surface area (Å²) in [6, 6.07) is 3.60. The van der Waals surface area contributed by atoms with Gasteiger partial charge in [-0.1, -0.05) is 13.8 Å². The van der Waals surface area contributed by atoms with E-state index < -0.39 is 6.04 Å². The summed E-state index contributed by atoms with van der Waals surface area (Å²) in [6.45, 7) is 9.34. The summed E-state index contributed by atoms with van der Waals surface area (Å²) < 4.78 is 0. The fraction of sp³-hybridized carbons (Fsp3) is 0.588. The number of carbonyl (C=O) groups is 2. The lowest BCUT2D eigenvalue weighted by Gasteiger charge is -2.37. The van der Waals surface area contributed by atoms with Gasteiger partial charge in [0.25, 0.3) is 0 Å². The number of carbonyl (C=O) groups excluding carboxylic acids is 2. The van der Waals surface area contributed by atoms with Crippen LogP contribution in [0.1, 0.15) is 26.3 Å². The molecule has 6 nitrogen and oxygen atoms in total. The van der Waals surface area contributed by atoms with Crippen LogP contribution < -0.4 is 5.32 Å². The number of pyridine rings is 1. The van der Waals surface area contributed by atoms with Crippen molar-refractivity contribution in [3.05, 3.63) is 30.1 Å². The predicted molar refractivity (Wildman–Crippen MR) is 88.5 cm³/mol. The van der Waals surface area contributed by atoms with Crippen molar-refractivity contribution in [2.45, 2.75) is 33.4 Å². The van der Waals surface area contributed by atoms with Gasteiger partial charge in [0.1, 0.15) is 6.04 Å². The molecular weight excluding hydrogens is 292 g/mol. The summed E-state index contributed by atoms with van der Waals surface area (Å²) in [5.74, 6) is -0.0478. The molecule has 2 rings (SSSR count). The van der Waals surface area contributed by atoms with Gasteiger partial charge in [-0.2, -0.15) is 0 Å². The van der Waals surface area contributed by atoms with Gasteiger partial charge in [-0.25, -0.2) is 0 Å². The smallest absolute Gasteiger partial charge is 0.245 e. The molecule has 1 aliphatic heterocycles. The maximum absolute atomic E-state index is 12.6. The molecule has 0 spiro atoms. The fourth-order valence-corrected chi connectivity index (χ4v) is 2.80. The van der Waals surface area contributed by atoms with Crippen LogP contribution in [0.5, 0.6) is 0 Å². The first-order chi connectivity index (χ1) is 11.0. The van der Waals surface area contributed by atoms with Gasteiger partial charge in [0, 0.05) is 52.0 Å². The standard InChI is InChI=1S/C17H26N4O2/c1-13(2)16(19-14(3)22)17(23)21-10-8-20(9-11-21)12-15-4-6-18-7-5-15/h4-7,13,16H,8-12H2,1-3H3,(H,19,22). The van der Waals surface area contributed by atoms with E-state index in [9.17, 15) is 9.59 Å². The third kappa shape index (κ3) is 5.03. The highest BCUT2D eigenvalue weighted by Gasteiger charge is 2.29. The lowest BCUT2D eigenvalue weighted by atomic mass is 10.0.